The molecule has 7 heteroatoms. The van der Waals surface area contributed by atoms with Crippen molar-refractivity contribution in [2.75, 3.05) is 20.8 Å². The summed E-state index contributed by atoms with van der Waals surface area (Å²) in [5.74, 6) is 4.55. The van der Waals surface area contributed by atoms with Gasteiger partial charge in [-0.3, -0.25) is 9.36 Å². The summed E-state index contributed by atoms with van der Waals surface area (Å²) in [5, 5.41) is 0. The van der Waals surface area contributed by atoms with Gasteiger partial charge in [-0.1, -0.05) is 53.7 Å². The van der Waals surface area contributed by atoms with E-state index in [4.69, 9.17) is 25.6 Å². The Morgan fingerprint density at radius 2 is 1.85 bits per heavy atom. The third kappa shape index (κ3) is 4.43. The standard InChI is InChI=1S/C32H26N2O4S/c1-4-17-38-22-12-9-20(10-13-22)18-28-31(35)34-30(26-19-23(36-2)14-16-27(26)37-3)25-15-11-21-7-5-6-8-24(21)29(25)33-32(34)39-28/h1,5-10,12-14,16,18-19,30H,11,15,17H2,2-3H3. The van der Waals surface area contributed by atoms with Crippen molar-refractivity contribution in [3.05, 3.63) is 114 Å². The number of terminal acetylenes is 1. The topological polar surface area (TPSA) is 62.0 Å². The molecule has 2 aliphatic rings. The van der Waals surface area contributed by atoms with Crippen LogP contribution in [0.2, 0.25) is 0 Å². The summed E-state index contributed by atoms with van der Waals surface area (Å²) in [4.78, 5) is 19.8. The first-order valence-corrected chi connectivity index (χ1v) is 13.4. The fourth-order valence-corrected chi connectivity index (χ4v) is 6.29. The van der Waals surface area contributed by atoms with E-state index in [1.54, 1.807) is 14.2 Å². The Morgan fingerprint density at radius 3 is 2.62 bits per heavy atom. The SMILES string of the molecule is C#CCOc1ccc(C=c2sc3n(c2=O)C(c2cc(OC)ccc2OC)C2=C(N=3)c3ccccc3CC2)cc1. The van der Waals surface area contributed by atoms with Crippen molar-refractivity contribution in [1.29, 1.82) is 0 Å². The second-order valence-electron chi connectivity index (χ2n) is 9.28. The minimum absolute atomic E-state index is 0.0910. The molecule has 0 bridgehead atoms. The molecule has 1 aromatic heterocycles. The fraction of sp³-hybridized carbons (Fsp3) is 0.188. The molecule has 6 rings (SSSR count). The van der Waals surface area contributed by atoms with Gasteiger partial charge in [0.2, 0.25) is 0 Å². The van der Waals surface area contributed by atoms with Gasteiger partial charge < -0.3 is 14.2 Å². The number of ether oxygens (including phenoxy) is 3. The van der Waals surface area contributed by atoms with E-state index >= 15 is 0 Å². The van der Waals surface area contributed by atoms with Crippen LogP contribution in [-0.4, -0.2) is 25.4 Å². The Hall–Kier alpha value is -4.54. The lowest BCUT2D eigenvalue weighted by molar-refractivity contribution is 0.370. The van der Waals surface area contributed by atoms with Gasteiger partial charge >= 0.3 is 0 Å². The summed E-state index contributed by atoms with van der Waals surface area (Å²) in [6.45, 7) is 0.208. The van der Waals surface area contributed by atoms with E-state index in [0.29, 0.717) is 26.6 Å². The molecule has 4 aromatic rings. The lowest BCUT2D eigenvalue weighted by atomic mass is 9.83. The molecule has 1 aliphatic heterocycles. The number of nitrogens with zero attached hydrogens (tertiary/aromatic N) is 2. The number of aryl methyl sites for hydroxylation is 1. The molecule has 39 heavy (non-hydrogen) atoms. The van der Waals surface area contributed by atoms with Gasteiger partial charge in [-0.2, -0.15) is 0 Å². The van der Waals surface area contributed by atoms with Gasteiger partial charge in [0, 0.05) is 11.1 Å². The van der Waals surface area contributed by atoms with Gasteiger partial charge in [-0.25, -0.2) is 4.99 Å². The van der Waals surface area contributed by atoms with Crippen molar-refractivity contribution in [2.45, 2.75) is 18.9 Å². The average molecular weight is 535 g/mol. The van der Waals surface area contributed by atoms with E-state index in [-0.39, 0.29) is 18.2 Å². The van der Waals surface area contributed by atoms with E-state index in [0.717, 1.165) is 40.8 Å². The van der Waals surface area contributed by atoms with Gasteiger partial charge in [0.15, 0.2) is 4.80 Å². The van der Waals surface area contributed by atoms with Crippen LogP contribution < -0.4 is 29.1 Å². The molecule has 0 fully saturated rings. The summed E-state index contributed by atoms with van der Waals surface area (Å²) < 4.78 is 19.3. The van der Waals surface area contributed by atoms with Crippen LogP contribution in [0.1, 0.15) is 34.7 Å². The normalized spacial score (nSPS) is 15.9. The quantitative estimate of drug-likeness (QED) is 0.345. The first kappa shape index (κ1) is 24.8. The molecule has 0 radical (unpaired) electrons. The predicted octanol–water partition coefficient (Wildman–Crippen LogP) is 4.35. The van der Waals surface area contributed by atoms with Crippen molar-refractivity contribution in [3.63, 3.8) is 0 Å². The number of rotatable bonds is 6. The highest BCUT2D eigenvalue weighted by molar-refractivity contribution is 7.07. The third-order valence-corrected chi connectivity index (χ3v) is 8.09. The molecular formula is C32H26N2O4S. The van der Waals surface area contributed by atoms with Gasteiger partial charge in [-0.05, 0) is 65.9 Å². The number of hydrogen-bond donors (Lipinski definition) is 0. The van der Waals surface area contributed by atoms with E-state index < -0.39 is 0 Å². The summed E-state index contributed by atoms with van der Waals surface area (Å²) in [6.07, 6.45) is 8.86. The first-order valence-electron chi connectivity index (χ1n) is 12.6. The molecule has 0 saturated heterocycles. The van der Waals surface area contributed by atoms with Crippen LogP contribution in [0.15, 0.2) is 82.1 Å². The van der Waals surface area contributed by atoms with Crippen LogP contribution in [0.25, 0.3) is 11.8 Å². The van der Waals surface area contributed by atoms with E-state index in [2.05, 4.69) is 24.1 Å². The van der Waals surface area contributed by atoms with E-state index in [1.165, 1.54) is 16.9 Å². The number of methoxy groups -OCH3 is 2. The number of fused-ring (bicyclic) bond motifs is 3. The van der Waals surface area contributed by atoms with E-state index in [1.807, 2.05) is 59.2 Å². The Labute approximate surface area is 230 Å². The molecule has 6 nitrogen and oxygen atoms in total. The summed E-state index contributed by atoms with van der Waals surface area (Å²) in [6, 6.07) is 21.3. The van der Waals surface area contributed by atoms with Crippen molar-refractivity contribution < 1.29 is 14.2 Å². The minimum atomic E-state index is -0.364. The van der Waals surface area contributed by atoms with Crippen LogP contribution in [-0.2, 0) is 6.42 Å². The Kier molecular flexibility index (Phi) is 6.55. The maximum absolute atomic E-state index is 14.0. The number of thiazole rings is 1. The second kappa shape index (κ2) is 10.3. The van der Waals surface area contributed by atoms with Crippen molar-refractivity contribution in [3.8, 4) is 29.6 Å². The molecule has 3 aromatic carbocycles. The molecule has 1 atom stereocenters. The second-order valence-corrected chi connectivity index (χ2v) is 10.3. The molecule has 1 aliphatic carbocycles. The lowest BCUT2D eigenvalue weighted by Crippen LogP contribution is -2.39. The molecule has 194 valence electrons. The highest BCUT2D eigenvalue weighted by atomic mass is 32.1. The molecule has 1 unspecified atom stereocenters. The van der Waals surface area contributed by atoms with Crippen LogP contribution in [0.3, 0.4) is 0 Å². The maximum Gasteiger partial charge on any atom is 0.271 e. The molecular weight excluding hydrogens is 508 g/mol. The Balaban J connectivity index is 1.57. The molecule has 0 N–H and O–H groups in total. The minimum Gasteiger partial charge on any atom is -0.497 e. The highest BCUT2D eigenvalue weighted by Crippen LogP contribution is 2.44. The highest BCUT2D eigenvalue weighted by Gasteiger charge is 2.34. The number of aromatic nitrogens is 1. The lowest BCUT2D eigenvalue weighted by Gasteiger charge is -2.31. The van der Waals surface area contributed by atoms with Gasteiger partial charge in [-0.15, -0.1) is 6.42 Å². The largest absolute Gasteiger partial charge is 0.497 e. The zero-order valence-electron chi connectivity index (χ0n) is 21.6. The van der Waals surface area contributed by atoms with Crippen LogP contribution >= 0.6 is 11.3 Å². The number of allylic oxidation sites excluding steroid dienone is 1. The molecule has 0 amide bonds. The van der Waals surface area contributed by atoms with E-state index in [9.17, 15) is 4.79 Å². The van der Waals surface area contributed by atoms with Gasteiger partial charge in [0.1, 0.15) is 23.9 Å². The number of hydrogen-bond acceptors (Lipinski definition) is 6. The van der Waals surface area contributed by atoms with Crippen molar-refractivity contribution in [2.24, 2.45) is 4.99 Å². The van der Waals surface area contributed by atoms with Crippen LogP contribution in [0.4, 0.5) is 0 Å². The first-order chi connectivity index (χ1) is 19.1. The maximum atomic E-state index is 14.0. The smallest absolute Gasteiger partial charge is 0.271 e. The van der Waals surface area contributed by atoms with Crippen LogP contribution in [0.5, 0.6) is 17.2 Å². The fourth-order valence-electron chi connectivity index (χ4n) is 5.29. The summed E-state index contributed by atoms with van der Waals surface area (Å²) in [5.41, 5.74) is 6.10. The number of benzene rings is 3. The predicted molar refractivity (Wildman–Crippen MR) is 153 cm³/mol. The summed E-state index contributed by atoms with van der Waals surface area (Å²) >= 11 is 1.39. The van der Waals surface area contributed by atoms with Gasteiger partial charge in [0.05, 0.1) is 30.5 Å². The molecule has 0 saturated carbocycles. The zero-order chi connectivity index (χ0) is 26.9. The third-order valence-electron chi connectivity index (χ3n) is 7.10. The Bertz CT molecular complexity index is 1820. The van der Waals surface area contributed by atoms with Crippen molar-refractivity contribution in [1.82, 2.24) is 4.57 Å². The van der Waals surface area contributed by atoms with Crippen LogP contribution in [0, 0.1) is 12.3 Å². The monoisotopic (exact) mass is 534 g/mol. The van der Waals surface area contributed by atoms with Crippen molar-refractivity contribution >= 4 is 23.1 Å². The molecule has 0 spiro atoms. The average Bonchev–Trinajstić information content (AvgIpc) is 3.29. The zero-order valence-corrected chi connectivity index (χ0v) is 22.5. The Morgan fingerprint density at radius 1 is 1.05 bits per heavy atom. The summed E-state index contributed by atoms with van der Waals surface area (Å²) in [7, 11) is 3.29. The molecule has 2 heterocycles. The van der Waals surface area contributed by atoms with Gasteiger partial charge in [0.25, 0.3) is 5.56 Å².